The van der Waals surface area contributed by atoms with Crippen LogP contribution in [0.3, 0.4) is 0 Å². The number of benzene rings is 2. The van der Waals surface area contributed by atoms with E-state index in [0.29, 0.717) is 4.59 Å². The summed E-state index contributed by atoms with van der Waals surface area (Å²) in [5.74, 6) is 0.934. The first-order chi connectivity index (χ1) is 17.6. The number of hydrogen-bond donors (Lipinski definition) is 0. The number of allylic oxidation sites excluding steroid dienone is 1. The lowest BCUT2D eigenvalue weighted by Gasteiger charge is -2.31. The van der Waals surface area contributed by atoms with E-state index < -0.39 is 0 Å². The highest BCUT2D eigenvalue weighted by molar-refractivity contribution is 5.71. The second-order valence-corrected chi connectivity index (χ2v) is 9.27. The standard InChI is InChI=1S/C31H40N5/c1-6-34(7-2)28-17-13-26(14-18-28)25(5)24-36(31-12-10-11-22-32-31)30(21-23-33-36)27-15-19-29(20-16-27)35(8-3)9-4/h10-20,22-24,30H,6-9,21H2,1-5H3/q+1. The maximum atomic E-state index is 5.08. The average molecular weight is 483 g/mol. The molecule has 1 aliphatic heterocycles. The number of aromatic nitrogens is 1. The first-order valence-electron chi connectivity index (χ1n) is 13.3. The Labute approximate surface area is 217 Å². The number of anilines is 2. The zero-order valence-electron chi connectivity index (χ0n) is 22.4. The summed E-state index contributed by atoms with van der Waals surface area (Å²) in [7, 11) is 0. The summed E-state index contributed by atoms with van der Waals surface area (Å²) >= 11 is 0. The minimum atomic E-state index is 0.135. The van der Waals surface area contributed by atoms with Gasteiger partial charge in [0.15, 0.2) is 6.04 Å². The Hall–Kier alpha value is -3.44. The molecule has 4 rings (SSSR count). The predicted molar refractivity (Wildman–Crippen MR) is 156 cm³/mol. The molecule has 2 atom stereocenters. The number of nitrogens with zero attached hydrogens (tertiary/aromatic N) is 5. The van der Waals surface area contributed by atoms with Crippen LogP contribution in [-0.4, -0.2) is 37.4 Å². The smallest absolute Gasteiger partial charge is 0.259 e. The quantitative estimate of drug-likeness (QED) is 0.285. The normalized spacial score (nSPS) is 19.5. The van der Waals surface area contributed by atoms with E-state index in [0.717, 1.165) is 38.4 Å². The molecule has 1 aromatic heterocycles. The molecule has 2 heterocycles. The largest absolute Gasteiger partial charge is 0.372 e. The highest BCUT2D eigenvalue weighted by Crippen LogP contribution is 2.42. The van der Waals surface area contributed by atoms with Crippen LogP contribution in [0.5, 0.6) is 0 Å². The third kappa shape index (κ3) is 5.07. The van der Waals surface area contributed by atoms with Crippen molar-refractivity contribution in [3.05, 3.63) is 90.3 Å². The molecule has 1 aliphatic rings. The van der Waals surface area contributed by atoms with Crippen LogP contribution >= 0.6 is 0 Å². The van der Waals surface area contributed by atoms with Crippen LogP contribution < -0.4 is 14.4 Å². The molecule has 0 radical (unpaired) electrons. The summed E-state index contributed by atoms with van der Waals surface area (Å²) in [6.07, 6.45) is 7.07. The van der Waals surface area contributed by atoms with Crippen LogP contribution in [0.2, 0.25) is 0 Å². The fourth-order valence-electron chi connectivity index (χ4n) is 5.25. The first-order valence-corrected chi connectivity index (χ1v) is 13.3. The van der Waals surface area contributed by atoms with Crippen molar-refractivity contribution in [2.24, 2.45) is 5.10 Å². The molecule has 5 nitrogen and oxygen atoms in total. The number of pyridine rings is 1. The van der Waals surface area contributed by atoms with Gasteiger partial charge < -0.3 is 9.80 Å². The highest BCUT2D eigenvalue weighted by Gasteiger charge is 2.44. The second kappa shape index (κ2) is 11.5. The van der Waals surface area contributed by atoms with E-state index in [1.807, 2.05) is 12.3 Å². The maximum Gasteiger partial charge on any atom is 0.259 e. The lowest BCUT2D eigenvalue weighted by atomic mass is 10.0. The SMILES string of the molecule is CCN(CC)c1ccc(C(C)=C[N+]2(c3ccccn3)N=CCC2c2ccc(N(CC)CC)cc2)cc1. The van der Waals surface area contributed by atoms with E-state index in [1.165, 1.54) is 28.1 Å². The summed E-state index contributed by atoms with van der Waals surface area (Å²) < 4.78 is 0.342. The minimum Gasteiger partial charge on any atom is -0.372 e. The first kappa shape index (κ1) is 25.6. The molecule has 0 aliphatic carbocycles. The van der Waals surface area contributed by atoms with Crippen LogP contribution in [0.1, 0.15) is 58.2 Å². The molecular formula is C31H40N5+. The predicted octanol–water partition coefficient (Wildman–Crippen LogP) is 7.27. The molecule has 2 unspecified atom stereocenters. The van der Waals surface area contributed by atoms with Gasteiger partial charge in [0.25, 0.3) is 5.82 Å². The van der Waals surface area contributed by atoms with Gasteiger partial charge in [0.05, 0.1) is 6.21 Å². The Morgan fingerprint density at radius 3 is 1.94 bits per heavy atom. The van der Waals surface area contributed by atoms with Crippen molar-refractivity contribution in [2.75, 3.05) is 36.0 Å². The molecule has 0 spiro atoms. The van der Waals surface area contributed by atoms with Gasteiger partial charge in [-0.05, 0) is 70.5 Å². The third-order valence-corrected chi connectivity index (χ3v) is 7.34. The van der Waals surface area contributed by atoms with E-state index in [4.69, 9.17) is 10.1 Å². The molecule has 0 bridgehead atoms. The maximum absolute atomic E-state index is 5.08. The van der Waals surface area contributed by atoms with Crippen molar-refractivity contribution in [3.63, 3.8) is 0 Å². The van der Waals surface area contributed by atoms with Crippen molar-refractivity contribution in [1.29, 1.82) is 0 Å². The van der Waals surface area contributed by atoms with Gasteiger partial charge in [-0.1, -0.05) is 35.4 Å². The van der Waals surface area contributed by atoms with Crippen LogP contribution in [0.4, 0.5) is 17.2 Å². The highest BCUT2D eigenvalue weighted by atomic mass is 15.7. The molecule has 3 aromatic rings. The molecule has 0 amide bonds. The summed E-state index contributed by atoms with van der Waals surface area (Å²) in [4.78, 5) is 9.53. The molecule has 2 aromatic carbocycles. The average Bonchev–Trinajstić information content (AvgIpc) is 3.36. The number of rotatable bonds is 10. The van der Waals surface area contributed by atoms with E-state index >= 15 is 0 Å². The van der Waals surface area contributed by atoms with Crippen molar-refractivity contribution < 1.29 is 0 Å². The zero-order valence-corrected chi connectivity index (χ0v) is 22.4. The van der Waals surface area contributed by atoms with E-state index in [-0.39, 0.29) is 6.04 Å². The van der Waals surface area contributed by atoms with Crippen molar-refractivity contribution in [1.82, 2.24) is 9.58 Å². The fraction of sp³-hybridized carbons (Fsp3) is 0.355. The third-order valence-electron chi connectivity index (χ3n) is 7.34. The van der Waals surface area contributed by atoms with Crippen LogP contribution in [-0.2, 0) is 0 Å². The summed E-state index contributed by atoms with van der Waals surface area (Å²) in [5, 5.41) is 5.08. The Balaban J connectivity index is 1.73. The van der Waals surface area contributed by atoms with Crippen molar-refractivity contribution in [2.45, 2.75) is 47.1 Å². The van der Waals surface area contributed by atoms with Crippen LogP contribution in [0.15, 0.2) is 84.2 Å². The van der Waals surface area contributed by atoms with Gasteiger partial charge in [-0.15, -0.1) is 4.59 Å². The van der Waals surface area contributed by atoms with Crippen LogP contribution in [0.25, 0.3) is 5.57 Å². The molecule has 0 N–H and O–H groups in total. The van der Waals surface area contributed by atoms with Gasteiger partial charge in [-0.2, -0.15) is 0 Å². The van der Waals surface area contributed by atoms with Crippen molar-refractivity contribution in [3.8, 4) is 0 Å². The molecule has 188 valence electrons. The lowest BCUT2D eigenvalue weighted by molar-refractivity contribution is 0.317. The van der Waals surface area contributed by atoms with Gasteiger partial charge >= 0.3 is 0 Å². The molecule has 0 fully saturated rings. The molecule has 5 heteroatoms. The molecule has 36 heavy (non-hydrogen) atoms. The Morgan fingerprint density at radius 2 is 1.42 bits per heavy atom. The summed E-state index contributed by atoms with van der Waals surface area (Å²) in [6.45, 7) is 15.0. The minimum absolute atomic E-state index is 0.135. The number of hydrogen-bond acceptors (Lipinski definition) is 4. The molecular weight excluding hydrogens is 442 g/mol. The second-order valence-electron chi connectivity index (χ2n) is 9.27. The summed E-state index contributed by atoms with van der Waals surface area (Å²) in [6, 6.07) is 24.2. The monoisotopic (exact) mass is 482 g/mol. The van der Waals surface area contributed by atoms with Gasteiger partial charge in [-0.3, -0.25) is 0 Å². The van der Waals surface area contributed by atoms with E-state index in [2.05, 4.69) is 117 Å². The van der Waals surface area contributed by atoms with Gasteiger partial charge in [0.2, 0.25) is 0 Å². The summed E-state index contributed by atoms with van der Waals surface area (Å²) in [5.41, 5.74) is 6.19. The fourth-order valence-corrected chi connectivity index (χ4v) is 5.25. The Kier molecular flexibility index (Phi) is 8.21. The van der Waals surface area contributed by atoms with Gasteiger partial charge in [-0.25, -0.2) is 4.98 Å². The van der Waals surface area contributed by atoms with Gasteiger partial charge in [0.1, 0.15) is 6.20 Å². The van der Waals surface area contributed by atoms with E-state index in [9.17, 15) is 0 Å². The molecule has 0 saturated heterocycles. The zero-order chi connectivity index (χ0) is 25.5. The van der Waals surface area contributed by atoms with E-state index in [1.54, 1.807) is 0 Å². The lowest BCUT2D eigenvalue weighted by Crippen LogP contribution is -2.39. The Bertz CT molecular complexity index is 1160. The van der Waals surface area contributed by atoms with Crippen molar-refractivity contribution >= 4 is 29.0 Å². The Morgan fingerprint density at radius 1 is 0.833 bits per heavy atom. The number of quaternary nitrogens is 1. The van der Waals surface area contributed by atoms with Crippen LogP contribution in [0, 0.1) is 0 Å². The topological polar surface area (TPSA) is 31.7 Å². The van der Waals surface area contributed by atoms with Gasteiger partial charge in [0, 0.05) is 67.4 Å². The molecule has 0 saturated carbocycles.